The van der Waals surface area contributed by atoms with Gasteiger partial charge in [0.2, 0.25) is 0 Å². The Morgan fingerprint density at radius 3 is 2.75 bits per heavy atom. The third kappa shape index (κ3) is 2.60. The maximum Gasteiger partial charge on any atom is 0.128 e. The van der Waals surface area contributed by atoms with E-state index in [0.717, 1.165) is 35.0 Å². The number of rotatable bonds is 4. The number of nitriles is 1. The molecule has 1 aliphatic rings. The first kappa shape index (κ1) is 11.6. The number of hydrogen-bond acceptors (Lipinski definition) is 4. The highest BCUT2D eigenvalue weighted by molar-refractivity contribution is 7.12. The van der Waals surface area contributed by atoms with Gasteiger partial charge in [-0.25, -0.2) is 4.98 Å². The lowest BCUT2D eigenvalue weighted by Crippen LogP contribution is -2.21. The van der Waals surface area contributed by atoms with Crippen LogP contribution in [-0.4, -0.2) is 29.5 Å². The molecule has 0 spiro atoms. The van der Waals surface area contributed by atoms with Crippen molar-refractivity contribution in [2.24, 2.45) is 0 Å². The molecule has 1 aliphatic heterocycles. The van der Waals surface area contributed by atoms with E-state index in [1.54, 1.807) is 11.3 Å². The molecule has 86 valence electrons. The summed E-state index contributed by atoms with van der Waals surface area (Å²) in [5.74, 6) is 0. The largest absolute Gasteiger partial charge is 0.303 e. The van der Waals surface area contributed by atoms with Crippen LogP contribution < -0.4 is 0 Å². The summed E-state index contributed by atoms with van der Waals surface area (Å²) in [4.78, 5) is 7.82. The third-order valence-corrected chi connectivity index (χ3v) is 4.08. The van der Waals surface area contributed by atoms with Gasteiger partial charge in [0.25, 0.3) is 0 Å². The molecular formula is C12H17N3S. The molecule has 0 saturated carbocycles. The number of thiazole rings is 1. The van der Waals surface area contributed by atoms with Crippen LogP contribution in [0, 0.1) is 11.3 Å². The van der Waals surface area contributed by atoms with Gasteiger partial charge in [-0.2, -0.15) is 5.26 Å². The first-order valence-corrected chi connectivity index (χ1v) is 6.76. The molecule has 2 rings (SSSR count). The molecule has 0 aliphatic carbocycles. The summed E-state index contributed by atoms with van der Waals surface area (Å²) < 4.78 is 0. The Morgan fingerprint density at radius 2 is 2.19 bits per heavy atom. The third-order valence-electron chi connectivity index (χ3n) is 3.02. The molecule has 16 heavy (non-hydrogen) atoms. The predicted molar refractivity (Wildman–Crippen MR) is 65.6 cm³/mol. The molecule has 0 radical (unpaired) electrons. The molecule has 0 aromatic carbocycles. The zero-order chi connectivity index (χ0) is 11.4. The van der Waals surface area contributed by atoms with Gasteiger partial charge in [-0.05, 0) is 32.4 Å². The Morgan fingerprint density at radius 1 is 1.44 bits per heavy atom. The van der Waals surface area contributed by atoms with Gasteiger partial charge in [-0.1, -0.05) is 6.92 Å². The minimum atomic E-state index is 0.805. The average Bonchev–Trinajstić information content (AvgIpc) is 2.95. The van der Waals surface area contributed by atoms with Crippen molar-refractivity contribution in [3.63, 3.8) is 0 Å². The normalized spacial score (nSPS) is 16.5. The van der Waals surface area contributed by atoms with Crippen LogP contribution in [0.25, 0.3) is 0 Å². The maximum absolute atomic E-state index is 8.95. The number of hydrogen-bond donors (Lipinski definition) is 0. The molecule has 0 N–H and O–H groups in total. The van der Waals surface area contributed by atoms with E-state index in [1.807, 2.05) is 0 Å². The number of aryl methyl sites for hydroxylation is 1. The molecule has 4 heteroatoms. The average molecular weight is 235 g/mol. The zero-order valence-electron chi connectivity index (χ0n) is 9.70. The van der Waals surface area contributed by atoms with Gasteiger partial charge in [-0.3, -0.25) is 0 Å². The Bertz CT molecular complexity index is 385. The number of aromatic nitrogens is 1. The molecule has 1 aromatic heterocycles. The van der Waals surface area contributed by atoms with Crippen LogP contribution in [0.15, 0.2) is 0 Å². The second-order valence-corrected chi connectivity index (χ2v) is 5.23. The smallest absolute Gasteiger partial charge is 0.128 e. The number of likely N-dealkylation sites (tertiary alicyclic amines) is 1. The van der Waals surface area contributed by atoms with Gasteiger partial charge in [0.1, 0.15) is 10.9 Å². The second-order valence-electron chi connectivity index (χ2n) is 4.15. The van der Waals surface area contributed by atoms with E-state index < -0.39 is 0 Å². The van der Waals surface area contributed by atoms with Crippen LogP contribution in [0.2, 0.25) is 0 Å². The first-order valence-electron chi connectivity index (χ1n) is 5.94. The first-order chi connectivity index (χ1) is 7.83. The quantitative estimate of drug-likeness (QED) is 0.803. The van der Waals surface area contributed by atoms with Gasteiger partial charge in [0.05, 0.1) is 10.7 Å². The van der Waals surface area contributed by atoms with Gasteiger partial charge >= 0.3 is 0 Å². The second kappa shape index (κ2) is 5.42. The lowest BCUT2D eigenvalue weighted by Gasteiger charge is -2.12. The van der Waals surface area contributed by atoms with Crippen LogP contribution >= 0.6 is 11.3 Å². The summed E-state index contributed by atoms with van der Waals surface area (Å²) >= 11 is 1.57. The summed E-state index contributed by atoms with van der Waals surface area (Å²) in [5.41, 5.74) is 0.976. The van der Waals surface area contributed by atoms with E-state index in [0.29, 0.717) is 0 Å². The summed E-state index contributed by atoms with van der Waals surface area (Å²) in [5, 5.41) is 10.1. The van der Waals surface area contributed by atoms with Crippen molar-refractivity contribution in [2.45, 2.75) is 32.6 Å². The summed E-state index contributed by atoms with van der Waals surface area (Å²) in [6, 6.07) is 2.24. The lowest BCUT2D eigenvalue weighted by atomic mass is 10.3. The lowest BCUT2D eigenvalue weighted by molar-refractivity contribution is 0.343. The van der Waals surface area contributed by atoms with Gasteiger partial charge in [0, 0.05) is 13.0 Å². The Kier molecular flexibility index (Phi) is 3.92. The van der Waals surface area contributed by atoms with E-state index >= 15 is 0 Å². The molecule has 1 aromatic rings. The topological polar surface area (TPSA) is 39.9 Å². The van der Waals surface area contributed by atoms with Crippen LogP contribution in [0.1, 0.15) is 35.3 Å². The van der Waals surface area contributed by atoms with Crippen LogP contribution in [0.3, 0.4) is 0 Å². The van der Waals surface area contributed by atoms with Crippen LogP contribution in [-0.2, 0) is 12.8 Å². The fraction of sp³-hybridized carbons (Fsp3) is 0.667. The van der Waals surface area contributed by atoms with E-state index in [1.165, 1.54) is 25.9 Å². The highest BCUT2D eigenvalue weighted by atomic mass is 32.1. The molecule has 2 heterocycles. The van der Waals surface area contributed by atoms with Crippen LogP contribution in [0.4, 0.5) is 0 Å². The van der Waals surface area contributed by atoms with Crippen LogP contribution in [0.5, 0.6) is 0 Å². The van der Waals surface area contributed by atoms with E-state index in [-0.39, 0.29) is 0 Å². The molecular weight excluding hydrogens is 218 g/mol. The minimum absolute atomic E-state index is 0.805. The van der Waals surface area contributed by atoms with Crippen molar-refractivity contribution in [3.8, 4) is 6.07 Å². The highest BCUT2D eigenvalue weighted by Crippen LogP contribution is 2.19. The molecule has 1 saturated heterocycles. The fourth-order valence-electron chi connectivity index (χ4n) is 2.09. The Balaban J connectivity index is 1.93. The predicted octanol–water partition coefficient (Wildman–Crippen LogP) is 2.22. The van der Waals surface area contributed by atoms with Crippen molar-refractivity contribution in [1.29, 1.82) is 5.26 Å². The van der Waals surface area contributed by atoms with Crippen molar-refractivity contribution >= 4 is 11.3 Å². The zero-order valence-corrected chi connectivity index (χ0v) is 10.5. The SMILES string of the molecule is CCc1nc(CCN2CCCC2)sc1C#N. The molecule has 0 unspecified atom stereocenters. The fourth-order valence-corrected chi connectivity index (χ4v) is 3.03. The molecule has 0 atom stereocenters. The molecule has 0 bridgehead atoms. The van der Waals surface area contributed by atoms with E-state index in [4.69, 9.17) is 5.26 Å². The van der Waals surface area contributed by atoms with Crippen molar-refractivity contribution in [3.05, 3.63) is 15.6 Å². The summed E-state index contributed by atoms with van der Waals surface area (Å²) in [6.07, 6.45) is 4.53. The maximum atomic E-state index is 8.95. The Hall–Kier alpha value is -0.920. The van der Waals surface area contributed by atoms with Crippen molar-refractivity contribution in [1.82, 2.24) is 9.88 Å². The van der Waals surface area contributed by atoms with Crippen molar-refractivity contribution < 1.29 is 0 Å². The van der Waals surface area contributed by atoms with E-state index in [9.17, 15) is 0 Å². The molecule has 3 nitrogen and oxygen atoms in total. The monoisotopic (exact) mass is 235 g/mol. The molecule has 0 amide bonds. The highest BCUT2D eigenvalue weighted by Gasteiger charge is 2.13. The summed E-state index contributed by atoms with van der Waals surface area (Å²) in [7, 11) is 0. The Labute approximate surface area is 101 Å². The number of nitrogens with zero attached hydrogens (tertiary/aromatic N) is 3. The minimum Gasteiger partial charge on any atom is -0.303 e. The molecule has 1 fully saturated rings. The van der Waals surface area contributed by atoms with Gasteiger partial charge < -0.3 is 4.90 Å². The standard InChI is InChI=1S/C12H17N3S/c1-2-10-11(9-13)16-12(14-10)5-8-15-6-3-4-7-15/h2-8H2,1H3. The van der Waals surface area contributed by atoms with E-state index in [2.05, 4.69) is 22.9 Å². The van der Waals surface area contributed by atoms with Crippen molar-refractivity contribution in [2.75, 3.05) is 19.6 Å². The van der Waals surface area contributed by atoms with Gasteiger partial charge in [-0.15, -0.1) is 11.3 Å². The summed E-state index contributed by atoms with van der Waals surface area (Å²) in [6.45, 7) is 5.62. The van der Waals surface area contributed by atoms with Gasteiger partial charge in [0.15, 0.2) is 0 Å².